The molecule has 0 aliphatic carbocycles. The summed E-state index contributed by atoms with van der Waals surface area (Å²) >= 11 is 1.35. The molecule has 0 saturated carbocycles. The van der Waals surface area contributed by atoms with E-state index in [-0.39, 0.29) is 11.0 Å². The fourth-order valence-corrected chi connectivity index (χ4v) is 2.16. The number of rotatable bonds is 1. The molecule has 0 bridgehead atoms. The predicted molar refractivity (Wildman–Crippen MR) is 56.6 cm³/mol. The molecule has 0 spiro atoms. The highest BCUT2D eigenvalue weighted by Gasteiger charge is 2.08. The van der Waals surface area contributed by atoms with Gasteiger partial charge in [-0.25, -0.2) is 0 Å². The molecule has 2 rings (SSSR count). The highest BCUT2D eigenvalue weighted by atomic mass is 32.1. The maximum absolute atomic E-state index is 11.7. The van der Waals surface area contributed by atoms with E-state index < -0.39 is 5.91 Å². The molecule has 0 unspecified atom stereocenters. The van der Waals surface area contributed by atoms with Crippen molar-refractivity contribution in [2.24, 2.45) is 5.73 Å². The monoisotopic (exact) mass is 205 g/mol. The van der Waals surface area contributed by atoms with Gasteiger partial charge < -0.3 is 5.73 Å². The van der Waals surface area contributed by atoms with E-state index in [0.29, 0.717) is 5.39 Å². The zero-order valence-electron chi connectivity index (χ0n) is 7.19. The number of fused-ring (bicyclic) bond motifs is 1. The Labute approximate surface area is 83.8 Å². The molecule has 0 fully saturated rings. The van der Waals surface area contributed by atoms with E-state index in [1.165, 1.54) is 16.7 Å². The summed E-state index contributed by atoms with van der Waals surface area (Å²) in [5.74, 6) is -0.669. The van der Waals surface area contributed by atoms with Crippen LogP contribution >= 0.6 is 11.3 Å². The van der Waals surface area contributed by atoms with E-state index in [1.54, 1.807) is 12.1 Å². The molecule has 1 heterocycles. The summed E-state index contributed by atoms with van der Waals surface area (Å²) < 4.78 is 0.863. The third kappa shape index (κ3) is 1.29. The minimum atomic E-state index is -0.669. The first-order valence-electron chi connectivity index (χ1n) is 4.00. The van der Waals surface area contributed by atoms with Gasteiger partial charge in [-0.15, -0.1) is 11.3 Å². The first-order chi connectivity index (χ1) is 6.70. The Morgan fingerprint density at radius 3 is 2.71 bits per heavy atom. The largest absolute Gasteiger partial charge is 0.365 e. The molecule has 0 radical (unpaired) electrons. The number of carbonyl (C=O) groups is 1. The van der Waals surface area contributed by atoms with Gasteiger partial charge in [0.1, 0.15) is 0 Å². The smallest absolute Gasteiger partial charge is 0.253 e. The molecule has 2 N–H and O–H groups in total. The maximum atomic E-state index is 11.7. The van der Waals surface area contributed by atoms with Crippen LogP contribution in [-0.4, -0.2) is 5.91 Å². The zero-order chi connectivity index (χ0) is 10.1. The van der Waals surface area contributed by atoms with E-state index >= 15 is 0 Å². The van der Waals surface area contributed by atoms with Crippen LogP contribution < -0.4 is 11.2 Å². The van der Waals surface area contributed by atoms with Gasteiger partial charge in [-0.2, -0.15) is 0 Å². The number of amides is 1. The summed E-state index contributed by atoms with van der Waals surface area (Å²) in [6, 6.07) is 7.15. The van der Waals surface area contributed by atoms with Crippen LogP contribution in [-0.2, 0) is 0 Å². The van der Waals surface area contributed by atoms with Crippen molar-refractivity contribution in [2.75, 3.05) is 0 Å². The molecule has 2 aromatic rings. The molecule has 0 atom stereocenters. The van der Waals surface area contributed by atoms with Crippen molar-refractivity contribution in [1.29, 1.82) is 0 Å². The van der Waals surface area contributed by atoms with Gasteiger partial charge >= 0.3 is 0 Å². The van der Waals surface area contributed by atoms with Gasteiger partial charge in [0.25, 0.3) is 5.91 Å². The average Bonchev–Trinajstić information content (AvgIpc) is 2.18. The molecule has 14 heavy (non-hydrogen) atoms. The Hall–Kier alpha value is -1.68. The van der Waals surface area contributed by atoms with Crippen molar-refractivity contribution >= 4 is 27.3 Å². The van der Waals surface area contributed by atoms with Gasteiger partial charge in [0.05, 0.1) is 5.56 Å². The summed E-state index contributed by atoms with van der Waals surface area (Å²) in [4.78, 5) is 22.6. The summed E-state index contributed by atoms with van der Waals surface area (Å²) in [5, 5.41) is 2.06. The molecule has 0 aliphatic rings. The molecule has 70 valence electrons. The van der Waals surface area contributed by atoms with E-state index in [4.69, 9.17) is 5.73 Å². The minimum Gasteiger partial charge on any atom is -0.365 e. The number of nitrogens with two attached hydrogens (primary N) is 1. The van der Waals surface area contributed by atoms with Gasteiger partial charge in [-0.3, -0.25) is 9.59 Å². The van der Waals surface area contributed by atoms with Gasteiger partial charge in [0.2, 0.25) is 5.43 Å². The Balaban J connectivity index is 2.89. The lowest BCUT2D eigenvalue weighted by molar-refractivity contribution is 0.1000. The average molecular weight is 205 g/mol. The first-order valence-corrected chi connectivity index (χ1v) is 4.88. The SMILES string of the molecule is NC(=O)c1csc2ccccc2c1=O. The van der Waals surface area contributed by atoms with Crippen LogP contribution in [0.2, 0.25) is 0 Å². The number of benzene rings is 1. The van der Waals surface area contributed by atoms with Crippen LogP contribution in [0.4, 0.5) is 0 Å². The number of primary amides is 1. The first kappa shape index (κ1) is 8.90. The van der Waals surface area contributed by atoms with E-state index in [1.807, 2.05) is 12.1 Å². The van der Waals surface area contributed by atoms with E-state index in [0.717, 1.165) is 4.70 Å². The second kappa shape index (κ2) is 3.23. The van der Waals surface area contributed by atoms with Crippen molar-refractivity contribution in [3.8, 4) is 0 Å². The highest BCUT2D eigenvalue weighted by Crippen LogP contribution is 2.15. The van der Waals surface area contributed by atoms with Crippen molar-refractivity contribution in [3.63, 3.8) is 0 Å². The Morgan fingerprint density at radius 2 is 2.00 bits per heavy atom. The lowest BCUT2D eigenvalue weighted by Crippen LogP contribution is -2.20. The molecule has 0 saturated heterocycles. The Bertz CT molecular complexity index is 559. The summed E-state index contributed by atoms with van der Waals surface area (Å²) in [6.07, 6.45) is 0. The van der Waals surface area contributed by atoms with Crippen molar-refractivity contribution in [2.45, 2.75) is 0 Å². The lowest BCUT2D eigenvalue weighted by Gasteiger charge is -1.97. The van der Waals surface area contributed by atoms with Gasteiger partial charge in [-0.1, -0.05) is 12.1 Å². The lowest BCUT2D eigenvalue weighted by atomic mass is 10.2. The van der Waals surface area contributed by atoms with E-state index in [2.05, 4.69) is 0 Å². The molecule has 1 aromatic heterocycles. The second-order valence-electron chi connectivity index (χ2n) is 2.84. The number of hydrogen-bond donors (Lipinski definition) is 1. The molecule has 4 heteroatoms. The topological polar surface area (TPSA) is 60.2 Å². The predicted octanol–water partition coefficient (Wildman–Crippen LogP) is 1.36. The third-order valence-electron chi connectivity index (χ3n) is 1.95. The van der Waals surface area contributed by atoms with Gasteiger partial charge in [0, 0.05) is 15.5 Å². The van der Waals surface area contributed by atoms with Crippen molar-refractivity contribution in [1.82, 2.24) is 0 Å². The quantitative estimate of drug-likeness (QED) is 0.764. The van der Waals surface area contributed by atoms with Gasteiger partial charge in [0.15, 0.2) is 0 Å². The number of carbonyl (C=O) groups excluding carboxylic acids is 1. The fourth-order valence-electron chi connectivity index (χ4n) is 1.25. The van der Waals surface area contributed by atoms with Crippen LogP contribution in [0, 0.1) is 0 Å². The minimum absolute atomic E-state index is 0.0636. The van der Waals surface area contributed by atoms with E-state index in [9.17, 15) is 9.59 Å². The molecule has 0 aliphatic heterocycles. The molecule has 3 nitrogen and oxygen atoms in total. The summed E-state index contributed by atoms with van der Waals surface area (Å²) in [7, 11) is 0. The highest BCUT2D eigenvalue weighted by molar-refractivity contribution is 7.16. The normalized spacial score (nSPS) is 10.3. The fraction of sp³-hybridized carbons (Fsp3) is 0. The van der Waals surface area contributed by atoms with Crippen LogP contribution in [0.1, 0.15) is 10.4 Å². The molecular weight excluding hydrogens is 198 g/mol. The van der Waals surface area contributed by atoms with Crippen LogP contribution in [0.5, 0.6) is 0 Å². The van der Waals surface area contributed by atoms with Crippen LogP contribution in [0.3, 0.4) is 0 Å². The second-order valence-corrected chi connectivity index (χ2v) is 3.75. The maximum Gasteiger partial charge on any atom is 0.253 e. The molecular formula is C10H7NO2S. The van der Waals surface area contributed by atoms with Gasteiger partial charge in [-0.05, 0) is 12.1 Å². The van der Waals surface area contributed by atoms with Crippen molar-refractivity contribution < 1.29 is 4.79 Å². The Morgan fingerprint density at radius 1 is 1.29 bits per heavy atom. The summed E-state index contributed by atoms with van der Waals surface area (Å²) in [5.41, 5.74) is 4.85. The summed E-state index contributed by atoms with van der Waals surface area (Å²) in [6.45, 7) is 0. The standard InChI is InChI=1S/C10H7NO2S/c11-10(13)7-5-14-8-4-2-1-3-6(8)9(7)12/h1-5H,(H2,11,13). The molecule has 1 aromatic carbocycles. The van der Waals surface area contributed by atoms with Crippen LogP contribution in [0.25, 0.3) is 10.1 Å². The number of hydrogen-bond acceptors (Lipinski definition) is 3. The zero-order valence-corrected chi connectivity index (χ0v) is 8.01. The van der Waals surface area contributed by atoms with Crippen molar-refractivity contribution in [3.05, 3.63) is 45.4 Å². The Kier molecular flexibility index (Phi) is 2.05. The third-order valence-corrected chi connectivity index (χ3v) is 2.91. The van der Waals surface area contributed by atoms with Crippen LogP contribution in [0.15, 0.2) is 34.4 Å². The molecule has 1 amide bonds.